The summed E-state index contributed by atoms with van der Waals surface area (Å²) in [5, 5.41) is 16.9. The van der Waals surface area contributed by atoms with Crippen LogP contribution in [-0.4, -0.2) is 44.5 Å². The van der Waals surface area contributed by atoms with Crippen LogP contribution in [0.5, 0.6) is 0 Å². The van der Waals surface area contributed by atoms with Crippen molar-refractivity contribution < 1.29 is 14.3 Å². The number of tetrazole rings is 1. The van der Waals surface area contributed by atoms with Crippen LogP contribution in [-0.2, 0) is 4.74 Å². The monoisotopic (exact) mass is 296 g/mol. The van der Waals surface area contributed by atoms with Crippen LogP contribution in [0.2, 0.25) is 0 Å². The number of aromatic amines is 1. The highest BCUT2D eigenvalue weighted by atomic mass is 32.1. The van der Waals surface area contributed by atoms with Gasteiger partial charge in [0.15, 0.2) is 22.4 Å². The predicted molar refractivity (Wildman–Crippen MR) is 69.7 cm³/mol. The molecule has 0 radical (unpaired) electrons. The van der Waals surface area contributed by atoms with E-state index in [0.29, 0.717) is 11.0 Å². The van der Waals surface area contributed by atoms with Gasteiger partial charge in [-0.3, -0.25) is 4.79 Å². The molecule has 2 aromatic heterocycles. The van der Waals surface area contributed by atoms with Crippen LogP contribution >= 0.6 is 11.3 Å². The van der Waals surface area contributed by atoms with Gasteiger partial charge in [0, 0.05) is 6.92 Å². The molecule has 0 fully saturated rings. The second-order valence-corrected chi connectivity index (χ2v) is 4.88. The van der Waals surface area contributed by atoms with Crippen molar-refractivity contribution in [2.24, 2.45) is 0 Å². The Balaban J connectivity index is 2.25. The van der Waals surface area contributed by atoms with Crippen LogP contribution < -0.4 is 5.32 Å². The number of carbonyl (C=O) groups excluding carboxylic acids is 2. The summed E-state index contributed by atoms with van der Waals surface area (Å²) in [5.74, 6) is -0.445. The van der Waals surface area contributed by atoms with Gasteiger partial charge < -0.3 is 10.1 Å². The number of aromatic nitrogens is 5. The first-order valence-electron chi connectivity index (χ1n) is 5.63. The van der Waals surface area contributed by atoms with E-state index in [9.17, 15) is 9.59 Å². The molecule has 0 spiro atoms. The minimum atomic E-state index is -0.647. The van der Waals surface area contributed by atoms with E-state index in [1.807, 2.05) is 0 Å². The van der Waals surface area contributed by atoms with Crippen LogP contribution in [0.15, 0.2) is 0 Å². The fourth-order valence-electron chi connectivity index (χ4n) is 1.46. The lowest BCUT2D eigenvalue weighted by atomic mass is 10.3. The van der Waals surface area contributed by atoms with Crippen molar-refractivity contribution in [2.75, 3.05) is 12.4 Å². The third-order valence-electron chi connectivity index (χ3n) is 2.41. The summed E-state index contributed by atoms with van der Waals surface area (Å²) in [6.45, 7) is 3.17. The lowest BCUT2D eigenvalue weighted by Crippen LogP contribution is -2.09. The highest BCUT2D eigenvalue weighted by Gasteiger charge is 2.23. The molecule has 106 valence electrons. The first-order chi connectivity index (χ1) is 9.52. The van der Waals surface area contributed by atoms with Crippen molar-refractivity contribution in [3.8, 4) is 0 Å². The Labute approximate surface area is 117 Å². The molecule has 9 nitrogen and oxygen atoms in total. The topological polar surface area (TPSA) is 123 Å². The number of rotatable bonds is 5. The number of H-pyrrole nitrogens is 1. The van der Waals surface area contributed by atoms with Gasteiger partial charge >= 0.3 is 5.97 Å². The van der Waals surface area contributed by atoms with Gasteiger partial charge in [-0.1, -0.05) is 16.6 Å². The SMILES string of the molecule is COC(=O)c1nc(NC(C)c2nn[nH]n2)sc1C(C)=O. The Morgan fingerprint density at radius 1 is 1.45 bits per heavy atom. The number of Topliss-reactive ketones (excluding diaryl/α,β-unsaturated/α-hetero) is 1. The maximum absolute atomic E-state index is 11.6. The second kappa shape index (κ2) is 5.74. The maximum atomic E-state index is 11.6. The first kappa shape index (κ1) is 14.1. The van der Waals surface area contributed by atoms with E-state index in [0.717, 1.165) is 11.3 Å². The van der Waals surface area contributed by atoms with Gasteiger partial charge in [-0.15, -0.1) is 10.2 Å². The van der Waals surface area contributed by atoms with E-state index in [1.54, 1.807) is 6.92 Å². The standard InChI is InChI=1S/C10H12N6O3S/c1-4(8-13-15-16-14-8)11-10-12-6(9(18)19-3)7(20-10)5(2)17/h4H,1-3H3,(H,11,12)(H,13,14,15,16). The van der Waals surface area contributed by atoms with Crippen LogP contribution in [0.1, 0.15) is 45.9 Å². The van der Waals surface area contributed by atoms with E-state index < -0.39 is 5.97 Å². The van der Waals surface area contributed by atoms with Gasteiger partial charge in [0.1, 0.15) is 4.88 Å². The minimum Gasteiger partial charge on any atom is -0.464 e. The molecule has 1 atom stereocenters. The number of hydrogen-bond acceptors (Lipinski definition) is 9. The van der Waals surface area contributed by atoms with E-state index >= 15 is 0 Å². The van der Waals surface area contributed by atoms with E-state index in [2.05, 4.69) is 35.7 Å². The number of thiazole rings is 1. The van der Waals surface area contributed by atoms with Gasteiger partial charge in [0.25, 0.3) is 0 Å². The molecule has 1 unspecified atom stereocenters. The van der Waals surface area contributed by atoms with E-state index in [4.69, 9.17) is 0 Å². The molecular weight excluding hydrogens is 284 g/mol. The van der Waals surface area contributed by atoms with Crippen LogP contribution in [0.3, 0.4) is 0 Å². The molecule has 2 heterocycles. The van der Waals surface area contributed by atoms with E-state index in [1.165, 1.54) is 14.0 Å². The molecule has 0 saturated heterocycles. The lowest BCUT2D eigenvalue weighted by Gasteiger charge is -2.07. The Hall–Kier alpha value is -2.36. The molecule has 0 amide bonds. The average molecular weight is 296 g/mol. The highest BCUT2D eigenvalue weighted by Crippen LogP contribution is 2.26. The zero-order chi connectivity index (χ0) is 14.7. The summed E-state index contributed by atoms with van der Waals surface area (Å²) in [6.07, 6.45) is 0. The summed E-state index contributed by atoms with van der Waals surface area (Å²) >= 11 is 1.08. The van der Waals surface area contributed by atoms with Crippen LogP contribution in [0.25, 0.3) is 0 Å². The number of nitrogens with one attached hydrogen (secondary N) is 2. The van der Waals surface area contributed by atoms with Crippen molar-refractivity contribution in [3.05, 3.63) is 16.4 Å². The number of anilines is 1. The number of ether oxygens (including phenoxy) is 1. The molecule has 20 heavy (non-hydrogen) atoms. The predicted octanol–water partition coefficient (Wildman–Crippen LogP) is 0.818. The molecule has 0 aliphatic rings. The first-order valence-corrected chi connectivity index (χ1v) is 6.44. The van der Waals surface area contributed by atoms with Gasteiger partial charge in [-0.05, 0) is 6.92 Å². The van der Waals surface area contributed by atoms with E-state index in [-0.39, 0.29) is 22.4 Å². The Bertz CT molecular complexity index is 623. The fraction of sp³-hybridized carbons (Fsp3) is 0.400. The van der Waals surface area contributed by atoms with Gasteiger partial charge in [-0.25, -0.2) is 9.78 Å². The molecule has 2 N–H and O–H groups in total. The van der Waals surface area contributed by atoms with Crippen LogP contribution in [0, 0.1) is 0 Å². The summed E-state index contributed by atoms with van der Waals surface area (Å²) in [4.78, 5) is 27.4. The highest BCUT2D eigenvalue weighted by molar-refractivity contribution is 7.17. The normalized spacial score (nSPS) is 11.9. The lowest BCUT2D eigenvalue weighted by molar-refractivity contribution is 0.0591. The van der Waals surface area contributed by atoms with Crippen molar-refractivity contribution in [2.45, 2.75) is 19.9 Å². The van der Waals surface area contributed by atoms with Crippen molar-refractivity contribution in [1.82, 2.24) is 25.6 Å². The van der Waals surface area contributed by atoms with Crippen molar-refractivity contribution in [3.63, 3.8) is 0 Å². The zero-order valence-electron chi connectivity index (χ0n) is 11.0. The summed E-state index contributed by atoms with van der Waals surface area (Å²) in [6, 6.07) is -0.273. The van der Waals surface area contributed by atoms with Gasteiger partial charge in [0.2, 0.25) is 0 Å². The number of carbonyl (C=O) groups is 2. The number of ketones is 1. The average Bonchev–Trinajstić information content (AvgIpc) is 3.06. The molecule has 0 aromatic carbocycles. The molecule has 0 bridgehead atoms. The Kier molecular flexibility index (Phi) is 4.03. The zero-order valence-corrected chi connectivity index (χ0v) is 11.8. The smallest absolute Gasteiger partial charge is 0.358 e. The van der Waals surface area contributed by atoms with Crippen LogP contribution in [0.4, 0.5) is 5.13 Å². The largest absolute Gasteiger partial charge is 0.464 e. The molecule has 10 heteroatoms. The number of esters is 1. The third-order valence-corrected chi connectivity index (χ3v) is 3.50. The Morgan fingerprint density at radius 3 is 2.75 bits per heavy atom. The number of hydrogen-bond donors (Lipinski definition) is 2. The third kappa shape index (κ3) is 2.79. The molecular formula is C10H12N6O3S. The molecule has 2 rings (SSSR count). The molecule has 2 aromatic rings. The maximum Gasteiger partial charge on any atom is 0.358 e. The Morgan fingerprint density at radius 2 is 2.20 bits per heavy atom. The van der Waals surface area contributed by atoms with Crippen molar-refractivity contribution >= 4 is 28.2 Å². The second-order valence-electron chi connectivity index (χ2n) is 3.88. The number of nitrogens with zero attached hydrogens (tertiary/aromatic N) is 4. The summed E-state index contributed by atoms with van der Waals surface area (Å²) in [7, 11) is 1.24. The molecule has 0 aliphatic carbocycles. The quantitative estimate of drug-likeness (QED) is 0.614. The minimum absolute atomic E-state index is 0.00723. The molecule has 0 saturated carbocycles. The number of methoxy groups -OCH3 is 1. The summed E-state index contributed by atoms with van der Waals surface area (Å²) < 4.78 is 4.60. The fourth-order valence-corrected chi connectivity index (χ4v) is 2.39. The van der Waals surface area contributed by atoms with Gasteiger partial charge in [0.05, 0.1) is 13.2 Å². The molecule has 0 aliphatic heterocycles. The van der Waals surface area contributed by atoms with Crippen molar-refractivity contribution in [1.29, 1.82) is 0 Å². The summed E-state index contributed by atoms with van der Waals surface area (Å²) in [5.41, 5.74) is 0.00723. The van der Waals surface area contributed by atoms with Gasteiger partial charge in [-0.2, -0.15) is 5.21 Å².